The average molecular weight is 531 g/mol. The van der Waals surface area contributed by atoms with Gasteiger partial charge in [-0.1, -0.05) is 60.7 Å². The third kappa shape index (κ3) is 6.98. The summed E-state index contributed by atoms with van der Waals surface area (Å²) >= 11 is 0. The lowest BCUT2D eigenvalue weighted by Gasteiger charge is -2.28. The number of aromatic nitrogens is 2. The van der Waals surface area contributed by atoms with Gasteiger partial charge in [-0.2, -0.15) is 0 Å². The standard InChI is InChI=1S/C36H42N4/c1-3-21-39(22-4-1)35-17-25-37(26-18-35)29-33-13-9-31(10-14-33)7-8-32-11-15-34(16-12-32)30-38-27-19-36(20-28-38)40-23-5-2-6-24-40/h7-20,25-28H,1-6,21-24,29-30H2/q+2/b8-7+. The Hall–Kier alpha value is -3.92. The summed E-state index contributed by atoms with van der Waals surface area (Å²) in [6.07, 6.45) is 21.2. The molecule has 0 unspecified atom stereocenters. The van der Waals surface area contributed by atoms with E-state index in [1.165, 1.54) is 98.3 Å². The molecule has 0 saturated carbocycles. The minimum Gasteiger partial charge on any atom is -0.371 e. The highest BCUT2D eigenvalue weighted by molar-refractivity contribution is 5.69. The molecule has 6 rings (SSSR count). The van der Waals surface area contributed by atoms with E-state index >= 15 is 0 Å². The van der Waals surface area contributed by atoms with E-state index in [4.69, 9.17) is 0 Å². The zero-order valence-electron chi connectivity index (χ0n) is 23.7. The molecule has 4 heterocycles. The summed E-state index contributed by atoms with van der Waals surface area (Å²) in [5.74, 6) is 0. The first-order valence-corrected chi connectivity index (χ1v) is 15.1. The van der Waals surface area contributed by atoms with Crippen molar-refractivity contribution in [2.45, 2.75) is 51.6 Å². The summed E-state index contributed by atoms with van der Waals surface area (Å²) in [6, 6.07) is 26.9. The Morgan fingerprint density at radius 1 is 0.450 bits per heavy atom. The van der Waals surface area contributed by atoms with Crippen LogP contribution in [0.2, 0.25) is 0 Å². The van der Waals surface area contributed by atoms with E-state index in [0.717, 1.165) is 13.1 Å². The van der Waals surface area contributed by atoms with Crippen LogP contribution in [0, 0.1) is 0 Å². The van der Waals surface area contributed by atoms with Crippen LogP contribution in [0.3, 0.4) is 0 Å². The molecule has 204 valence electrons. The van der Waals surface area contributed by atoms with Crippen LogP contribution in [0.4, 0.5) is 11.4 Å². The van der Waals surface area contributed by atoms with E-state index in [9.17, 15) is 0 Å². The van der Waals surface area contributed by atoms with Crippen LogP contribution in [0.25, 0.3) is 12.2 Å². The average Bonchev–Trinajstić information content (AvgIpc) is 3.03. The number of piperidine rings is 2. The maximum atomic E-state index is 2.51. The quantitative estimate of drug-likeness (QED) is 0.190. The molecule has 0 amide bonds. The van der Waals surface area contributed by atoms with Gasteiger partial charge in [-0.05, 0) is 49.7 Å². The number of hydrogen-bond donors (Lipinski definition) is 0. The highest BCUT2D eigenvalue weighted by Crippen LogP contribution is 2.19. The van der Waals surface area contributed by atoms with E-state index in [1.54, 1.807) is 0 Å². The van der Waals surface area contributed by atoms with Crippen LogP contribution in [0.15, 0.2) is 97.6 Å². The minimum absolute atomic E-state index is 0.894. The van der Waals surface area contributed by atoms with E-state index in [2.05, 4.69) is 129 Å². The highest BCUT2D eigenvalue weighted by Gasteiger charge is 2.13. The number of hydrogen-bond acceptors (Lipinski definition) is 2. The van der Waals surface area contributed by atoms with Gasteiger partial charge in [0.05, 0.1) is 0 Å². The van der Waals surface area contributed by atoms with E-state index in [-0.39, 0.29) is 0 Å². The van der Waals surface area contributed by atoms with E-state index in [0.29, 0.717) is 0 Å². The second-order valence-electron chi connectivity index (χ2n) is 11.4. The molecule has 2 saturated heterocycles. The first-order valence-electron chi connectivity index (χ1n) is 15.1. The van der Waals surface area contributed by atoms with Gasteiger partial charge in [0.25, 0.3) is 0 Å². The molecule has 4 aromatic rings. The molecule has 2 aromatic carbocycles. The van der Waals surface area contributed by atoms with Crippen molar-refractivity contribution >= 4 is 23.5 Å². The highest BCUT2D eigenvalue weighted by atomic mass is 15.1. The lowest BCUT2D eigenvalue weighted by Crippen LogP contribution is -2.35. The maximum Gasteiger partial charge on any atom is 0.173 e. The van der Waals surface area contributed by atoms with Crippen molar-refractivity contribution in [2.75, 3.05) is 36.0 Å². The number of benzene rings is 2. The van der Waals surface area contributed by atoms with Crippen molar-refractivity contribution in [3.05, 3.63) is 120 Å². The third-order valence-corrected chi connectivity index (χ3v) is 8.35. The van der Waals surface area contributed by atoms with Gasteiger partial charge in [0.2, 0.25) is 0 Å². The predicted octanol–water partition coefficient (Wildman–Crippen LogP) is 6.51. The summed E-state index contributed by atoms with van der Waals surface area (Å²) < 4.78 is 4.53. The molecule has 2 fully saturated rings. The van der Waals surface area contributed by atoms with Crippen LogP contribution >= 0.6 is 0 Å². The third-order valence-electron chi connectivity index (χ3n) is 8.35. The fraction of sp³-hybridized carbons (Fsp3) is 0.333. The van der Waals surface area contributed by atoms with Gasteiger partial charge in [-0.3, -0.25) is 0 Å². The Labute approximate surface area is 239 Å². The van der Waals surface area contributed by atoms with Gasteiger partial charge in [0, 0.05) is 72.9 Å². The van der Waals surface area contributed by atoms with Crippen molar-refractivity contribution < 1.29 is 9.13 Å². The molecule has 4 nitrogen and oxygen atoms in total. The second kappa shape index (κ2) is 13.0. The summed E-state index contributed by atoms with van der Waals surface area (Å²) in [7, 11) is 0. The van der Waals surface area contributed by atoms with Crippen LogP contribution in [0.5, 0.6) is 0 Å². The molecule has 0 aliphatic carbocycles. The van der Waals surface area contributed by atoms with Crippen molar-refractivity contribution in [3.8, 4) is 0 Å². The monoisotopic (exact) mass is 530 g/mol. The van der Waals surface area contributed by atoms with Crippen LogP contribution in [0.1, 0.15) is 60.8 Å². The molecular weight excluding hydrogens is 488 g/mol. The van der Waals surface area contributed by atoms with Crippen molar-refractivity contribution in [1.29, 1.82) is 0 Å². The summed E-state index contributed by atoms with van der Waals surface area (Å²) in [4.78, 5) is 5.02. The molecule has 0 bridgehead atoms. The number of rotatable bonds is 8. The molecule has 0 N–H and O–H groups in total. The molecule has 0 radical (unpaired) electrons. The van der Waals surface area contributed by atoms with E-state index < -0.39 is 0 Å². The van der Waals surface area contributed by atoms with E-state index in [1.807, 2.05) is 0 Å². The van der Waals surface area contributed by atoms with Gasteiger partial charge < -0.3 is 9.80 Å². The molecular formula is C36H42N4+2. The molecule has 2 aliphatic rings. The lowest BCUT2D eigenvalue weighted by molar-refractivity contribution is -0.688. The van der Waals surface area contributed by atoms with Gasteiger partial charge in [-0.25, -0.2) is 9.13 Å². The summed E-state index contributed by atoms with van der Waals surface area (Å²) in [5.41, 5.74) is 7.79. The molecule has 0 atom stereocenters. The Kier molecular flexibility index (Phi) is 8.52. The van der Waals surface area contributed by atoms with Gasteiger partial charge in [-0.15, -0.1) is 0 Å². The Bertz CT molecular complexity index is 1250. The fourth-order valence-corrected chi connectivity index (χ4v) is 5.92. The normalized spacial score (nSPS) is 16.0. The number of anilines is 2. The van der Waals surface area contributed by atoms with Gasteiger partial charge in [0.15, 0.2) is 37.9 Å². The Morgan fingerprint density at radius 3 is 1.15 bits per heavy atom. The Morgan fingerprint density at radius 2 is 0.800 bits per heavy atom. The fourth-order valence-electron chi connectivity index (χ4n) is 5.92. The van der Waals surface area contributed by atoms with Gasteiger partial charge in [0.1, 0.15) is 0 Å². The first kappa shape index (κ1) is 26.3. The lowest BCUT2D eigenvalue weighted by atomic mass is 10.1. The first-order chi connectivity index (χ1) is 19.8. The van der Waals surface area contributed by atoms with Gasteiger partial charge >= 0.3 is 0 Å². The number of pyridine rings is 2. The molecule has 2 aliphatic heterocycles. The minimum atomic E-state index is 0.894. The molecule has 4 heteroatoms. The second-order valence-corrected chi connectivity index (χ2v) is 11.4. The van der Waals surface area contributed by atoms with Crippen LogP contribution in [-0.2, 0) is 13.1 Å². The van der Waals surface area contributed by atoms with Crippen molar-refractivity contribution in [2.24, 2.45) is 0 Å². The summed E-state index contributed by atoms with van der Waals surface area (Å²) in [5, 5.41) is 0. The number of nitrogens with zero attached hydrogens (tertiary/aromatic N) is 4. The predicted molar refractivity (Wildman–Crippen MR) is 165 cm³/mol. The zero-order chi connectivity index (χ0) is 27.0. The smallest absolute Gasteiger partial charge is 0.173 e. The summed E-state index contributed by atoms with van der Waals surface area (Å²) in [6.45, 7) is 6.55. The van der Waals surface area contributed by atoms with Crippen LogP contribution in [-0.4, -0.2) is 26.2 Å². The zero-order valence-corrected chi connectivity index (χ0v) is 23.7. The molecule has 2 aromatic heterocycles. The SMILES string of the molecule is C(=C\c1ccc(C[n+]2ccc(N3CCCCC3)cc2)cc1)/c1ccc(C[n+]2ccc(N3CCCCC3)cc2)cc1. The molecule has 40 heavy (non-hydrogen) atoms. The Balaban J connectivity index is 1.000. The van der Waals surface area contributed by atoms with Crippen LogP contribution < -0.4 is 18.9 Å². The topological polar surface area (TPSA) is 14.2 Å². The van der Waals surface area contributed by atoms with Crippen molar-refractivity contribution in [3.63, 3.8) is 0 Å². The van der Waals surface area contributed by atoms with Crippen molar-refractivity contribution in [1.82, 2.24) is 0 Å². The largest absolute Gasteiger partial charge is 0.371 e. The molecule has 0 spiro atoms. The maximum absolute atomic E-state index is 2.51.